The molecule has 122 valence electrons. The van der Waals surface area contributed by atoms with Crippen LogP contribution in [0.3, 0.4) is 0 Å². The van der Waals surface area contributed by atoms with E-state index in [2.05, 4.69) is 10.1 Å². The van der Waals surface area contributed by atoms with Crippen LogP contribution in [0.15, 0.2) is 42.5 Å². The largest absolute Gasteiger partial charge is 0.465 e. The lowest BCUT2D eigenvalue weighted by molar-refractivity contribution is 0.0600. The summed E-state index contributed by atoms with van der Waals surface area (Å²) in [6.07, 6.45) is 0. The van der Waals surface area contributed by atoms with E-state index in [1.807, 2.05) is 24.3 Å². The van der Waals surface area contributed by atoms with Crippen LogP contribution in [0.4, 0.5) is 5.69 Å². The average molecular weight is 380 g/mol. The molecule has 2 aromatic carbocycles. The van der Waals surface area contributed by atoms with Crippen molar-refractivity contribution in [1.29, 1.82) is 0 Å². The molecule has 0 spiro atoms. The maximum Gasteiger partial charge on any atom is 0.337 e. The minimum atomic E-state index is -0.512. The lowest BCUT2D eigenvalue weighted by Crippen LogP contribution is -2.12. The molecule has 0 radical (unpaired) electrons. The van der Waals surface area contributed by atoms with Crippen molar-refractivity contribution in [2.75, 3.05) is 12.4 Å². The van der Waals surface area contributed by atoms with E-state index in [0.717, 1.165) is 10.1 Å². The lowest BCUT2D eigenvalue weighted by Gasteiger charge is -2.08. The third-order valence-corrected chi connectivity index (χ3v) is 5.38. The predicted octanol–water partition coefficient (Wildman–Crippen LogP) is 5.25. The summed E-state index contributed by atoms with van der Waals surface area (Å²) in [7, 11) is 1.28. The monoisotopic (exact) mass is 379 g/mol. The number of anilines is 1. The SMILES string of the molecule is COC(=O)c1ccc(Cl)c(NC(=O)c2sc3ccccc3c2Cl)c1. The summed E-state index contributed by atoms with van der Waals surface area (Å²) in [6.45, 7) is 0. The number of benzene rings is 2. The van der Waals surface area contributed by atoms with E-state index in [-0.39, 0.29) is 5.91 Å². The third-order valence-electron chi connectivity index (χ3n) is 3.38. The van der Waals surface area contributed by atoms with Gasteiger partial charge in [-0.2, -0.15) is 0 Å². The van der Waals surface area contributed by atoms with Crippen LogP contribution in [-0.2, 0) is 4.74 Å². The van der Waals surface area contributed by atoms with Crippen LogP contribution < -0.4 is 5.32 Å². The van der Waals surface area contributed by atoms with Crippen LogP contribution in [0, 0.1) is 0 Å². The van der Waals surface area contributed by atoms with Gasteiger partial charge in [0.05, 0.1) is 28.4 Å². The van der Waals surface area contributed by atoms with Crippen LogP contribution in [0.5, 0.6) is 0 Å². The molecule has 0 saturated heterocycles. The maximum absolute atomic E-state index is 12.5. The first kappa shape index (κ1) is 16.8. The molecule has 1 aromatic heterocycles. The van der Waals surface area contributed by atoms with E-state index < -0.39 is 5.97 Å². The lowest BCUT2D eigenvalue weighted by atomic mass is 10.2. The zero-order valence-corrected chi connectivity index (χ0v) is 14.8. The van der Waals surface area contributed by atoms with Crippen LogP contribution in [0.2, 0.25) is 10.0 Å². The van der Waals surface area contributed by atoms with E-state index in [1.165, 1.54) is 36.6 Å². The molecular formula is C17H11Cl2NO3S. The molecule has 0 aliphatic carbocycles. The number of hydrogen-bond acceptors (Lipinski definition) is 4. The fourth-order valence-electron chi connectivity index (χ4n) is 2.21. The number of ether oxygens (including phenoxy) is 1. The molecule has 7 heteroatoms. The number of esters is 1. The van der Waals surface area contributed by atoms with Gasteiger partial charge in [0.15, 0.2) is 0 Å². The molecule has 1 N–H and O–H groups in total. The van der Waals surface area contributed by atoms with Crippen molar-refractivity contribution in [3.05, 3.63) is 63.0 Å². The average Bonchev–Trinajstić information content (AvgIpc) is 2.93. The molecule has 1 amide bonds. The van der Waals surface area contributed by atoms with Gasteiger partial charge in [-0.1, -0.05) is 41.4 Å². The predicted molar refractivity (Wildman–Crippen MR) is 97.6 cm³/mol. The molecule has 0 bridgehead atoms. The summed E-state index contributed by atoms with van der Waals surface area (Å²) < 4.78 is 5.58. The van der Waals surface area contributed by atoms with E-state index in [1.54, 1.807) is 0 Å². The molecule has 0 atom stereocenters. The molecule has 0 aliphatic heterocycles. The second-order valence-corrected chi connectivity index (χ2v) is 6.72. The number of thiophene rings is 1. The standard InChI is InChI=1S/C17H11Cl2NO3S/c1-23-17(22)9-6-7-11(18)12(8-9)20-16(21)15-14(19)10-4-2-3-5-13(10)24-15/h2-8H,1H3,(H,20,21). The number of carbonyl (C=O) groups excluding carboxylic acids is 2. The Labute approximate surface area is 151 Å². The van der Waals surface area contributed by atoms with Gasteiger partial charge < -0.3 is 10.1 Å². The first-order valence-electron chi connectivity index (χ1n) is 6.87. The Hall–Kier alpha value is -2.08. The van der Waals surface area contributed by atoms with Crippen molar-refractivity contribution in [2.45, 2.75) is 0 Å². The van der Waals surface area contributed by atoms with Crippen molar-refractivity contribution < 1.29 is 14.3 Å². The maximum atomic E-state index is 12.5. The highest BCUT2D eigenvalue weighted by Crippen LogP contribution is 2.36. The van der Waals surface area contributed by atoms with Gasteiger partial charge in [-0.25, -0.2) is 4.79 Å². The molecule has 0 saturated carbocycles. The summed E-state index contributed by atoms with van der Waals surface area (Å²) in [6, 6.07) is 12.0. The topological polar surface area (TPSA) is 55.4 Å². The van der Waals surface area contributed by atoms with Crippen LogP contribution in [0.25, 0.3) is 10.1 Å². The Morgan fingerprint density at radius 3 is 2.58 bits per heavy atom. The molecular weight excluding hydrogens is 369 g/mol. The number of methoxy groups -OCH3 is 1. The van der Waals surface area contributed by atoms with Gasteiger partial charge in [0.1, 0.15) is 4.88 Å². The minimum absolute atomic E-state index is 0.291. The van der Waals surface area contributed by atoms with Crippen LogP contribution >= 0.6 is 34.5 Å². The molecule has 4 nitrogen and oxygen atoms in total. The van der Waals surface area contributed by atoms with Crippen LogP contribution in [-0.4, -0.2) is 19.0 Å². The highest BCUT2D eigenvalue weighted by Gasteiger charge is 2.18. The number of hydrogen-bond donors (Lipinski definition) is 1. The normalized spacial score (nSPS) is 10.6. The van der Waals surface area contributed by atoms with Gasteiger partial charge in [0.25, 0.3) is 5.91 Å². The van der Waals surface area contributed by atoms with Gasteiger partial charge in [-0.05, 0) is 24.3 Å². The van der Waals surface area contributed by atoms with E-state index in [9.17, 15) is 9.59 Å². The summed E-state index contributed by atoms with van der Waals surface area (Å²) in [5.41, 5.74) is 0.609. The fourth-order valence-corrected chi connectivity index (χ4v) is 3.78. The Kier molecular flexibility index (Phi) is 4.76. The molecule has 24 heavy (non-hydrogen) atoms. The van der Waals surface area contributed by atoms with Gasteiger partial charge in [-0.15, -0.1) is 11.3 Å². The number of nitrogens with one attached hydrogen (secondary N) is 1. The van der Waals surface area contributed by atoms with Gasteiger partial charge in [0, 0.05) is 10.1 Å². The van der Waals surface area contributed by atoms with E-state index >= 15 is 0 Å². The van der Waals surface area contributed by atoms with Crippen molar-refractivity contribution >= 4 is 62.2 Å². The number of amides is 1. The van der Waals surface area contributed by atoms with E-state index in [0.29, 0.717) is 26.2 Å². The summed E-state index contributed by atoms with van der Waals surface area (Å²) >= 11 is 13.7. The Balaban J connectivity index is 1.94. The number of carbonyl (C=O) groups is 2. The van der Waals surface area contributed by atoms with Gasteiger partial charge >= 0.3 is 5.97 Å². The third kappa shape index (κ3) is 3.11. The first-order chi connectivity index (χ1) is 11.5. The van der Waals surface area contributed by atoms with Gasteiger partial charge in [0.2, 0.25) is 0 Å². The number of rotatable bonds is 3. The van der Waals surface area contributed by atoms with Gasteiger partial charge in [-0.3, -0.25) is 4.79 Å². The molecule has 3 aromatic rings. The second kappa shape index (κ2) is 6.81. The summed E-state index contributed by atoms with van der Waals surface area (Å²) in [4.78, 5) is 24.5. The first-order valence-corrected chi connectivity index (χ1v) is 8.44. The quantitative estimate of drug-likeness (QED) is 0.632. The smallest absolute Gasteiger partial charge is 0.337 e. The molecule has 1 heterocycles. The molecule has 3 rings (SSSR count). The Morgan fingerprint density at radius 1 is 1.12 bits per heavy atom. The highest BCUT2D eigenvalue weighted by atomic mass is 35.5. The zero-order chi connectivity index (χ0) is 17.3. The van der Waals surface area contributed by atoms with Crippen molar-refractivity contribution in [3.63, 3.8) is 0 Å². The minimum Gasteiger partial charge on any atom is -0.465 e. The molecule has 0 fully saturated rings. The fraction of sp³-hybridized carbons (Fsp3) is 0.0588. The number of halogens is 2. The molecule has 0 aliphatic rings. The van der Waals surface area contributed by atoms with Crippen molar-refractivity contribution in [3.8, 4) is 0 Å². The van der Waals surface area contributed by atoms with Crippen molar-refractivity contribution in [1.82, 2.24) is 0 Å². The zero-order valence-electron chi connectivity index (χ0n) is 12.4. The highest BCUT2D eigenvalue weighted by molar-refractivity contribution is 7.21. The number of fused-ring (bicyclic) bond motifs is 1. The van der Waals surface area contributed by atoms with E-state index in [4.69, 9.17) is 23.2 Å². The van der Waals surface area contributed by atoms with Crippen LogP contribution in [0.1, 0.15) is 20.0 Å². The Morgan fingerprint density at radius 2 is 1.88 bits per heavy atom. The second-order valence-electron chi connectivity index (χ2n) is 4.88. The summed E-state index contributed by atoms with van der Waals surface area (Å²) in [5.74, 6) is -0.896. The Bertz CT molecular complexity index is 952. The molecule has 0 unspecified atom stereocenters. The summed E-state index contributed by atoms with van der Waals surface area (Å²) in [5, 5.41) is 4.23. The van der Waals surface area contributed by atoms with Crippen molar-refractivity contribution in [2.24, 2.45) is 0 Å².